The molecule has 8 nitrogen and oxygen atoms in total. The van der Waals surface area contributed by atoms with Crippen molar-refractivity contribution in [2.75, 3.05) is 23.3 Å². The Balaban J connectivity index is 1.23. The molecule has 36 heavy (non-hydrogen) atoms. The Bertz CT molecular complexity index is 1180. The highest BCUT2D eigenvalue weighted by atomic mass is 16.5. The van der Waals surface area contributed by atoms with Crippen LogP contribution in [-0.4, -0.2) is 35.4 Å². The summed E-state index contributed by atoms with van der Waals surface area (Å²) in [4.78, 5) is 24.9. The van der Waals surface area contributed by atoms with Gasteiger partial charge in [-0.1, -0.05) is 36.4 Å². The predicted octanol–water partition coefficient (Wildman–Crippen LogP) is 5.22. The maximum absolute atomic E-state index is 12.4. The van der Waals surface area contributed by atoms with Gasteiger partial charge in [-0.2, -0.15) is 10.1 Å². The van der Waals surface area contributed by atoms with Crippen LogP contribution in [0, 0.1) is 0 Å². The molecule has 0 spiro atoms. The van der Waals surface area contributed by atoms with Gasteiger partial charge in [0, 0.05) is 11.1 Å². The van der Waals surface area contributed by atoms with Gasteiger partial charge in [0.15, 0.2) is 0 Å². The van der Waals surface area contributed by atoms with Crippen molar-refractivity contribution in [2.24, 2.45) is 0 Å². The summed E-state index contributed by atoms with van der Waals surface area (Å²) < 4.78 is 11.3. The van der Waals surface area contributed by atoms with Gasteiger partial charge in [0.1, 0.15) is 24.7 Å². The molecule has 0 heterocycles. The molecule has 0 aromatic heterocycles. The monoisotopic (exact) mass is 484 g/mol. The largest absolute Gasteiger partial charge is 0.490 e. The lowest BCUT2D eigenvalue weighted by Gasteiger charge is -2.15. The molecule has 0 fully saturated rings. The van der Waals surface area contributed by atoms with Crippen LogP contribution in [0.15, 0.2) is 109 Å². The Hall–Kier alpha value is -4.66. The molecule has 4 aromatic rings. The molecule has 0 aliphatic heterocycles. The van der Waals surface area contributed by atoms with Crippen LogP contribution in [0.2, 0.25) is 0 Å². The molecule has 0 aliphatic carbocycles. The summed E-state index contributed by atoms with van der Waals surface area (Å²) >= 11 is 0. The number of hydrogen-bond donors (Lipinski definition) is 2. The van der Waals surface area contributed by atoms with E-state index in [4.69, 9.17) is 9.47 Å². The topological polar surface area (TPSA) is 99.5 Å². The molecule has 182 valence electrons. The number of benzene rings is 4. The minimum absolute atomic E-state index is 0.253. The number of anilines is 2. The Labute approximate surface area is 208 Å². The summed E-state index contributed by atoms with van der Waals surface area (Å²) in [5, 5.41) is 21.4. The molecule has 0 atom stereocenters. The molecule has 0 saturated heterocycles. The van der Waals surface area contributed by atoms with Gasteiger partial charge in [0.2, 0.25) is 0 Å². The summed E-state index contributed by atoms with van der Waals surface area (Å²) in [6.45, 7) is 0.505. The zero-order valence-electron chi connectivity index (χ0n) is 19.2. The fourth-order valence-corrected chi connectivity index (χ4v) is 3.32. The number of carbonyl (C=O) groups excluding carboxylic acids is 2. The number of hydroxylamine groups is 2. The highest BCUT2D eigenvalue weighted by Crippen LogP contribution is 2.19. The molecule has 4 rings (SSSR count). The first kappa shape index (κ1) is 24.5. The van der Waals surface area contributed by atoms with Crippen molar-refractivity contribution in [3.63, 3.8) is 0 Å². The zero-order chi connectivity index (χ0) is 25.3. The first-order valence-electron chi connectivity index (χ1n) is 11.2. The minimum Gasteiger partial charge on any atom is -0.490 e. The van der Waals surface area contributed by atoms with E-state index >= 15 is 0 Å². The number of nitrogens with zero attached hydrogens (tertiary/aromatic N) is 2. The van der Waals surface area contributed by atoms with Crippen molar-refractivity contribution in [3.05, 3.63) is 120 Å². The van der Waals surface area contributed by atoms with Crippen LogP contribution in [0.5, 0.6) is 11.5 Å². The number of carbonyl (C=O) groups is 2. The summed E-state index contributed by atoms with van der Waals surface area (Å²) in [5.41, 5.74) is 1.38. The van der Waals surface area contributed by atoms with Gasteiger partial charge in [0.05, 0.1) is 11.4 Å². The predicted molar refractivity (Wildman–Crippen MR) is 134 cm³/mol. The maximum Gasteiger partial charge on any atom is 0.281 e. The Morgan fingerprint density at radius 3 is 1.19 bits per heavy atom. The van der Waals surface area contributed by atoms with E-state index in [1.807, 2.05) is 0 Å². The maximum atomic E-state index is 12.4. The van der Waals surface area contributed by atoms with E-state index in [-0.39, 0.29) is 13.2 Å². The molecule has 2 N–H and O–H groups in total. The van der Waals surface area contributed by atoms with Crippen LogP contribution in [0.3, 0.4) is 0 Å². The SMILES string of the molecule is O=C(c1ccc(OCCOc2ccc(C(=O)N(O)c3ccccc3)cc2)cc1)N(O)c1ccccc1. The van der Waals surface area contributed by atoms with Crippen LogP contribution in [-0.2, 0) is 0 Å². The Morgan fingerprint density at radius 2 is 0.861 bits per heavy atom. The zero-order valence-corrected chi connectivity index (χ0v) is 19.2. The average molecular weight is 485 g/mol. The molecule has 8 heteroatoms. The van der Waals surface area contributed by atoms with Crippen LogP contribution < -0.4 is 19.6 Å². The molecular weight excluding hydrogens is 460 g/mol. The van der Waals surface area contributed by atoms with Crippen molar-refractivity contribution in [2.45, 2.75) is 0 Å². The first-order chi connectivity index (χ1) is 17.5. The number of hydrogen-bond acceptors (Lipinski definition) is 6. The van der Waals surface area contributed by atoms with Crippen LogP contribution in [0.1, 0.15) is 20.7 Å². The van der Waals surface area contributed by atoms with E-state index in [0.717, 1.165) is 0 Å². The third kappa shape index (κ3) is 6.06. The van der Waals surface area contributed by atoms with Gasteiger partial charge >= 0.3 is 0 Å². The second-order valence-electron chi connectivity index (χ2n) is 7.65. The van der Waals surface area contributed by atoms with E-state index in [9.17, 15) is 20.0 Å². The standard InChI is InChI=1S/C28H24N2O6/c31-27(29(33)23-7-3-1-4-8-23)21-11-15-25(16-12-21)35-19-20-36-26-17-13-22(14-18-26)28(32)30(34)24-9-5-2-6-10-24/h1-18,33-34H,19-20H2. The molecule has 4 aromatic carbocycles. The lowest BCUT2D eigenvalue weighted by atomic mass is 10.2. The quantitative estimate of drug-likeness (QED) is 0.192. The lowest BCUT2D eigenvalue weighted by molar-refractivity contribution is 0.0849. The number of rotatable bonds is 9. The number of para-hydroxylation sites is 2. The molecule has 0 radical (unpaired) electrons. The number of ether oxygens (including phenoxy) is 2. The van der Waals surface area contributed by atoms with E-state index in [1.54, 1.807) is 109 Å². The second-order valence-corrected chi connectivity index (χ2v) is 7.65. The highest BCUT2D eigenvalue weighted by molar-refractivity contribution is 6.05. The van der Waals surface area contributed by atoms with E-state index in [1.165, 1.54) is 0 Å². The van der Waals surface area contributed by atoms with Crippen LogP contribution in [0.25, 0.3) is 0 Å². The molecule has 0 bridgehead atoms. The van der Waals surface area contributed by atoms with Crippen molar-refractivity contribution >= 4 is 23.2 Å². The molecule has 0 saturated carbocycles. The minimum atomic E-state index is -0.550. The molecule has 0 aliphatic rings. The van der Waals surface area contributed by atoms with Crippen molar-refractivity contribution < 1.29 is 29.5 Å². The normalized spacial score (nSPS) is 10.4. The van der Waals surface area contributed by atoms with E-state index < -0.39 is 11.8 Å². The summed E-state index contributed by atoms with van der Waals surface area (Å²) in [7, 11) is 0. The fraction of sp³-hybridized carbons (Fsp3) is 0.0714. The van der Waals surface area contributed by atoms with Crippen molar-refractivity contribution in [1.29, 1.82) is 0 Å². The van der Waals surface area contributed by atoms with Gasteiger partial charge in [-0.15, -0.1) is 0 Å². The smallest absolute Gasteiger partial charge is 0.281 e. The highest BCUT2D eigenvalue weighted by Gasteiger charge is 2.16. The Morgan fingerprint density at radius 1 is 0.528 bits per heavy atom. The van der Waals surface area contributed by atoms with Crippen LogP contribution in [0.4, 0.5) is 11.4 Å². The van der Waals surface area contributed by atoms with E-state index in [0.29, 0.717) is 44.1 Å². The fourth-order valence-electron chi connectivity index (χ4n) is 3.32. The summed E-state index contributed by atoms with van der Waals surface area (Å²) in [6.07, 6.45) is 0. The first-order valence-corrected chi connectivity index (χ1v) is 11.2. The van der Waals surface area contributed by atoms with Gasteiger partial charge < -0.3 is 9.47 Å². The lowest BCUT2D eigenvalue weighted by Crippen LogP contribution is -2.26. The number of amides is 2. The third-order valence-electron chi connectivity index (χ3n) is 5.21. The van der Waals surface area contributed by atoms with Gasteiger partial charge in [-0.05, 0) is 72.8 Å². The third-order valence-corrected chi connectivity index (χ3v) is 5.21. The second kappa shape index (κ2) is 11.7. The van der Waals surface area contributed by atoms with Crippen LogP contribution >= 0.6 is 0 Å². The van der Waals surface area contributed by atoms with Gasteiger partial charge in [-0.25, -0.2) is 0 Å². The van der Waals surface area contributed by atoms with Crippen molar-refractivity contribution in [1.82, 2.24) is 0 Å². The van der Waals surface area contributed by atoms with E-state index in [2.05, 4.69) is 0 Å². The van der Waals surface area contributed by atoms with Crippen molar-refractivity contribution in [3.8, 4) is 11.5 Å². The van der Waals surface area contributed by atoms with Gasteiger partial charge in [-0.3, -0.25) is 20.0 Å². The molecule has 2 amide bonds. The Kier molecular flexibility index (Phi) is 7.92. The molecule has 0 unspecified atom stereocenters. The summed E-state index contributed by atoms with van der Waals surface area (Å²) in [5.74, 6) is -0.00862. The average Bonchev–Trinajstić information content (AvgIpc) is 2.95. The molecular formula is C28H24N2O6. The summed E-state index contributed by atoms with van der Waals surface area (Å²) in [6, 6.07) is 29.9. The van der Waals surface area contributed by atoms with Gasteiger partial charge in [0.25, 0.3) is 11.8 Å².